The first-order valence-electron chi connectivity index (χ1n) is 9.40. The van der Waals surface area contributed by atoms with Crippen LogP contribution in [0, 0.1) is 6.92 Å². The van der Waals surface area contributed by atoms with Crippen LogP contribution in [-0.4, -0.2) is 55.4 Å². The summed E-state index contributed by atoms with van der Waals surface area (Å²) in [4.78, 5) is 16.9. The van der Waals surface area contributed by atoms with E-state index in [9.17, 15) is 13.2 Å². The summed E-state index contributed by atoms with van der Waals surface area (Å²) in [5.41, 5.74) is 1.65. The Balaban J connectivity index is 1.69. The molecule has 0 bridgehead atoms. The largest absolute Gasteiger partial charge is 0.306 e. The van der Waals surface area contributed by atoms with Crippen molar-refractivity contribution in [2.45, 2.75) is 57.2 Å². The fourth-order valence-corrected chi connectivity index (χ4v) is 6.92. The third-order valence-corrected chi connectivity index (χ3v) is 8.22. The molecule has 0 unspecified atom stereocenters. The van der Waals surface area contributed by atoms with Gasteiger partial charge in [-0.3, -0.25) is 9.69 Å². The lowest BCUT2D eigenvalue weighted by atomic mass is 9.91. The van der Waals surface area contributed by atoms with Crippen molar-refractivity contribution in [3.63, 3.8) is 0 Å². The van der Waals surface area contributed by atoms with Crippen molar-refractivity contribution in [3.05, 3.63) is 28.8 Å². The third kappa shape index (κ3) is 3.27. The summed E-state index contributed by atoms with van der Waals surface area (Å²) < 4.78 is 24.9. The Labute approximate surface area is 160 Å². The summed E-state index contributed by atoms with van der Waals surface area (Å²) in [5, 5.41) is 0.599. The van der Waals surface area contributed by atoms with Gasteiger partial charge in [-0.2, -0.15) is 0 Å². The average molecular weight is 397 g/mol. The number of hydrogen-bond acceptors (Lipinski definition) is 4. The van der Waals surface area contributed by atoms with E-state index >= 15 is 0 Å². The molecule has 0 radical (unpaired) electrons. The van der Waals surface area contributed by atoms with Gasteiger partial charge in [-0.15, -0.1) is 0 Å². The molecule has 1 saturated carbocycles. The Morgan fingerprint density at radius 3 is 2.46 bits per heavy atom. The van der Waals surface area contributed by atoms with Crippen LogP contribution >= 0.6 is 11.6 Å². The van der Waals surface area contributed by atoms with Gasteiger partial charge in [-0.1, -0.05) is 36.9 Å². The lowest BCUT2D eigenvalue weighted by molar-refractivity contribution is -0.124. The molecule has 2 heterocycles. The second kappa shape index (κ2) is 6.80. The predicted molar refractivity (Wildman–Crippen MR) is 103 cm³/mol. The number of anilines is 1. The first kappa shape index (κ1) is 18.3. The van der Waals surface area contributed by atoms with Crippen molar-refractivity contribution >= 4 is 33.0 Å². The Kier molecular flexibility index (Phi) is 4.78. The van der Waals surface area contributed by atoms with E-state index in [1.807, 2.05) is 19.1 Å². The van der Waals surface area contributed by atoms with Crippen molar-refractivity contribution in [3.8, 4) is 0 Å². The highest BCUT2D eigenvalue weighted by molar-refractivity contribution is 7.91. The van der Waals surface area contributed by atoms with Crippen molar-refractivity contribution in [1.29, 1.82) is 0 Å². The molecule has 142 valence electrons. The van der Waals surface area contributed by atoms with Gasteiger partial charge in [0.25, 0.3) is 0 Å². The normalized spacial score (nSPS) is 29.8. The highest BCUT2D eigenvalue weighted by Gasteiger charge is 2.51. The fourth-order valence-electron chi connectivity index (χ4n) is 4.79. The minimum absolute atomic E-state index is 0.0196. The van der Waals surface area contributed by atoms with Gasteiger partial charge in [0.15, 0.2) is 9.84 Å². The van der Waals surface area contributed by atoms with Crippen LogP contribution in [0.3, 0.4) is 0 Å². The molecule has 5 nitrogen and oxygen atoms in total. The molecule has 1 aromatic carbocycles. The Hall–Kier alpha value is -1.11. The smallest absolute Gasteiger partial charge is 0.241 e. The van der Waals surface area contributed by atoms with Crippen LogP contribution in [0.4, 0.5) is 5.69 Å². The lowest BCUT2D eigenvalue weighted by Crippen LogP contribution is -2.64. The van der Waals surface area contributed by atoms with Crippen LogP contribution in [0.2, 0.25) is 5.02 Å². The molecule has 2 aliphatic heterocycles. The van der Waals surface area contributed by atoms with Gasteiger partial charge in [0, 0.05) is 22.8 Å². The van der Waals surface area contributed by atoms with Crippen LogP contribution in [0.25, 0.3) is 0 Å². The Morgan fingerprint density at radius 2 is 1.77 bits per heavy atom. The Morgan fingerprint density at radius 1 is 1.08 bits per heavy atom. The average Bonchev–Trinajstić information content (AvgIpc) is 2.92. The van der Waals surface area contributed by atoms with Crippen molar-refractivity contribution in [2.24, 2.45) is 0 Å². The fraction of sp³-hybridized carbons (Fsp3) is 0.632. The molecule has 4 rings (SSSR count). The van der Waals surface area contributed by atoms with E-state index in [0.717, 1.165) is 31.2 Å². The maximum absolute atomic E-state index is 13.0. The molecular weight excluding hydrogens is 372 g/mol. The zero-order valence-corrected chi connectivity index (χ0v) is 16.6. The molecule has 1 aliphatic carbocycles. The highest BCUT2D eigenvalue weighted by atomic mass is 35.5. The summed E-state index contributed by atoms with van der Waals surface area (Å²) in [6, 6.07) is 5.45. The topological polar surface area (TPSA) is 57.7 Å². The third-order valence-electron chi connectivity index (χ3n) is 6.11. The summed E-state index contributed by atoms with van der Waals surface area (Å²) in [6.07, 6.45) is 5.69. The van der Waals surface area contributed by atoms with E-state index in [4.69, 9.17) is 11.6 Å². The van der Waals surface area contributed by atoms with Crippen LogP contribution in [0.1, 0.15) is 37.7 Å². The summed E-state index contributed by atoms with van der Waals surface area (Å²) in [5.74, 6) is 0.171. The zero-order valence-electron chi connectivity index (χ0n) is 15.0. The van der Waals surface area contributed by atoms with Crippen LogP contribution in [0.15, 0.2) is 18.2 Å². The number of carbonyl (C=O) groups excluding carboxylic acids is 1. The van der Waals surface area contributed by atoms with Gasteiger partial charge in [0.2, 0.25) is 5.91 Å². The SMILES string of the molecule is Cc1ccc(N2C(=O)CN(C3CCCCC3)[C@H]3CS(=O)(=O)C[C@H]32)cc1Cl. The number of aryl methyl sites for hydroxylation is 1. The molecule has 0 N–H and O–H groups in total. The molecule has 3 aliphatic rings. The van der Waals surface area contributed by atoms with Gasteiger partial charge in [-0.25, -0.2) is 8.42 Å². The number of piperazine rings is 1. The van der Waals surface area contributed by atoms with Crippen molar-refractivity contribution < 1.29 is 13.2 Å². The number of halogens is 1. The number of nitrogens with zero attached hydrogens (tertiary/aromatic N) is 2. The van der Waals surface area contributed by atoms with Gasteiger partial charge < -0.3 is 4.90 Å². The second-order valence-corrected chi connectivity index (χ2v) is 10.4. The number of rotatable bonds is 2. The van der Waals surface area contributed by atoms with Gasteiger partial charge >= 0.3 is 0 Å². The molecule has 1 aromatic rings. The molecule has 26 heavy (non-hydrogen) atoms. The molecule has 2 atom stereocenters. The molecule has 0 aromatic heterocycles. The maximum Gasteiger partial charge on any atom is 0.241 e. The second-order valence-electron chi connectivity index (χ2n) is 7.87. The van der Waals surface area contributed by atoms with Crippen molar-refractivity contribution in [1.82, 2.24) is 4.90 Å². The minimum Gasteiger partial charge on any atom is -0.306 e. The number of benzene rings is 1. The van der Waals surface area contributed by atoms with Crippen LogP contribution in [0.5, 0.6) is 0 Å². The van der Waals surface area contributed by atoms with E-state index in [1.54, 1.807) is 11.0 Å². The number of carbonyl (C=O) groups is 1. The van der Waals surface area contributed by atoms with Gasteiger partial charge in [0.1, 0.15) is 0 Å². The number of hydrogen-bond donors (Lipinski definition) is 0. The van der Waals surface area contributed by atoms with Crippen LogP contribution < -0.4 is 4.90 Å². The quantitative estimate of drug-likeness (QED) is 0.771. The maximum atomic E-state index is 13.0. The van der Waals surface area contributed by atoms with E-state index in [-0.39, 0.29) is 29.5 Å². The van der Waals surface area contributed by atoms with E-state index < -0.39 is 9.84 Å². The van der Waals surface area contributed by atoms with Crippen molar-refractivity contribution in [2.75, 3.05) is 23.0 Å². The molecule has 0 spiro atoms. The van der Waals surface area contributed by atoms with E-state index in [0.29, 0.717) is 23.3 Å². The predicted octanol–water partition coefficient (Wildman–Crippen LogP) is 2.80. The number of amides is 1. The summed E-state index contributed by atoms with van der Waals surface area (Å²) in [6.45, 7) is 2.21. The summed E-state index contributed by atoms with van der Waals surface area (Å²) in [7, 11) is -3.15. The Bertz CT molecular complexity index is 820. The van der Waals surface area contributed by atoms with Gasteiger partial charge in [-0.05, 0) is 37.5 Å². The first-order chi connectivity index (χ1) is 12.4. The zero-order chi connectivity index (χ0) is 18.5. The molecule has 3 fully saturated rings. The first-order valence-corrected chi connectivity index (χ1v) is 11.6. The van der Waals surface area contributed by atoms with E-state index in [2.05, 4.69) is 4.90 Å². The molecular formula is C19H25ClN2O3S. The highest BCUT2D eigenvalue weighted by Crippen LogP contribution is 2.36. The van der Waals surface area contributed by atoms with Crippen LogP contribution in [-0.2, 0) is 14.6 Å². The lowest BCUT2D eigenvalue weighted by Gasteiger charge is -2.47. The van der Waals surface area contributed by atoms with Gasteiger partial charge in [0.05, 0.1) is 24.1 Å². The number of sulfone groups is 1. The molecule has 7 heteroatoms. The molecule has 1 amide bonds. The molecule has 2 saturated heterocycles. The monoisotopic (exact) mass is 396 g/mol. The van der Waals surface area contributed by atoms with E-state index in [1.165, 1.54) is 6.42 Å². The minimum atomic E-state index is -3.15. The number of fused-ring (bicyclic) bond motifs is 1. The summed E-state index contributed by atoms with van der Waals surface area (Å²) >= 11 is 6.26. The standard InChI is InChI=1S/C19H25ClN2O3S/c1-13-7-8-15(9-16(13)20)22-18-12-26(24,25)11-17(18)21(10-19(22)23)14-5-3-2-4-6-14/h7-9,14,17-18H,2-6,10-12H2,1H3/t17-,18+/m0/s1.